The van der Waals surface area contributed by atoms with Gasteiger partial charge in [-0.1, -0.05) is 0 Å². The minimum Gasteiger partial charge on any atom is -0.394 e. The summed E-state index contributed by atoms with van der Waals surface area (Å²) in [5, 5.41) is 18.4. The van der Waals surface area contributed by atoms with Crippen molar-refractivity contribution in [3.8, 4) is 0 Å². The lowest BCUT2D eigenvalue weighted by molar-refractivity contribution is -0.0458. The second-order valence-electron chi connectivity index (χ2n) is 3.66. The zero-order valence-corrected chi connectivity index (χ0v) is 11.2. The van der Waals surface area contributed by atoms with Gasteiger partial charge in [-0.3, -0.25) is 4.57 Å². The molecule has 0 aromatic carbocycles. The smallest absolute Gasteiger partial charge is 0.351 e. The molecule has 0 unspecified atom stereocenters. The summed E-state index contributed by atoms with van der Waals surface area (Å²) < 4.78 is 6.56. The monoisotopic (exact) mass is 355 g/mol. The molecule has 1 aliphatic heterocycles. The Balaban J connectivity index is 0.00000144. The minimum absolute atomic E-state index is 0. The van der Waals surface area contributed by atoms with E-state index in [1.807, 2.05) is 0 Å². The number of hydrogen-bond donors (Lipinski definition) is 3. The molecule has 7 nitrogen and oxygen atoms in total. The summed E-state index contributed by atoms with van der Waals surface area (Å²) in [5.41, 5.74) is 4.82. The van der Waals surface area contributed by atoms with E-state index >= 15 is 0 Å². The first-order chi connectivity index (χ1) is 7.61. The number of ether oxygens (including phenoxy) is 1. The van der Waals surface area contributed by atoms with Gasteiger partial charge in [-0.05, 0) is 6.07 Å². The van der Waals surface area contributed by atoms with Crippen molar-refractivity contribution in [3.05, 3.63) is 22.7 Å². The maximum absolute atomic E-state index is 11.5. The predicted octanol–water partition coefficient (Wildman–Crippen LogP) is -0.916. The quantitative estimate of drug-likeness (QED) is 0.592. The van der Waals surface area contributed by atoms with E-state index in [1.54, 1.807) is 0 Å². The standard InChI is InChI=1S/C9H13N3O4.HI/c10-7-1-2-12(9(15)11-7)8-3-5(14)6(4-13)16-8;/h1-2,5-6,8,13-14H,3-4H2,(H2,10,11,15);1H/t5-,6+,8+;/m0./s1. The van der Waals surface area contributed by atoms with Crippen molar-refractivity contribution in [1.29, 1.82) is 0 Å². The van der Waals surface area contributed by atoms with Gasteiger partial charge in [0.05, 0.1) is 12.7 Å². The van der Waals surface area contributed by atoms with Crippen LogP contribution in [-0.2, 0) is 4.74 Å². The zero-order valence-electron chi connectivity index (χ0n) is 8.89. The van der Waals surface area contributed by atoms with Crippen LogP contribution in [0.1, 0.15) is 12.6 Å². The van der Waals surface area contributed by atoms with Crippen molar-refractivity contribution in [1.82, 2.24) is 9.55 Å². The van der Waals surface area contributed by atoms with Gasteiger partial charge in [0, 0.05) is 12.6 Å². The summed E-state index contributed by atoms with van der Waals surface area (Å²) in [6.07, 6.45) is -0.333. The predicted molar refractivity (Wildman–Crippen MR) is 69.9 cm³/mol. The number of anilines is 1. The van der Waals surface area contributed by atoms with Crippen molar-refractivity contribution in [2.24, 2.45) is 0 Å². The van der Waals surface area contributed by atoms with Crippen LogP contribution < -0.4 is 11.4 Å². The number of halogens is 1. The molecule has 2 rings (SSSR count). The van der Waals surface area contributed by atoms with Crippen molar-refractivity contribution in [2.45, 2.75) is 24.9 Å². The van der Waals surface area contributed by atoms with Crippen LogP contribution in [0.4, 0.5) is 5.82 Å². The van der Waals surface area contributed by atoms with E-state index in [-0.39, 0.29) is 42.8 Å². The average molecular weight is 355 g/mol. The molecule has 0 radical (unpaired) electrons. The number of hydrogen-bond acceptors (Lipinski definition) is 6. The molecule has 4 N–H and O–H groups in total. The Morgan fingerprint density at radius 2 is 2.35 bits per heavy atom. The van der Waals surface area contributed by atoms with E-state index in [9.17, 15) is 9.90 Å². The molecule has 0 bridgehead atoms. The molecule has 0 saturated carbocycles. The largest absolute Gasteiger partial charge is 0.394 e. The lowest BCUT2D eigenvalue weighted by atomic mass is 10.2. The number of nitrogens with zero attached hydrogens (tertiary/aromatic N) is 2. The minimum atomic E-state index is -0.778. The van der Waals surface area contributed by atoms with Gasteiger partial charge in [0.1, 0.15) is 18.1 Å². The van der Waals surface area contributed by atoms with Gasteiger partial charge in [0.2, 0.25) is 0 Å². The third kappa shape index (κ3) is 2.94. The number of rotatable bonds is 2. The molecule has 1 aromatic heterocycles. The third-order valence-corrected chi connectivity index (χ3v) is 2.55. The maximum Gasteiger partial charge on any atom is 0.351 e. The van der Waals surface area contributed by atoms with Gasteiger partial charge in [-0.2, -0.15) is 4.98 Å². The third-order valence-electron chi connectivity index (χ3n) is 2.55. The summed E-state index contributed by atoms with van der Waals surface area (Å²) in [6, 6.07) is 1.48. The molecule has 1 fully saturated rings. The van der Waals surface area contributed by atoms with E-state index in [4.69, 9.17) is 15.6 Å². The summed E-state index contributed by atoms with van der Waals surface area (Å²) in [4.78, 5) is 15.0. The van der Waals surface area contributed by atoms with Crippen LogP contribution in [0.25, 0.3) is 0 Å². The number of nitrogen functional groups attached to an aromatic ring is 1. The Morgan fingerprint density at radius 1 is 1.65 bits per heavy atom. The van der Waals surface area contributed by atoms with Crippen molar-refractivity contribution in [2.75, 3.05) is 12.3 Å². The molecule has 0 spiro atoms. The summed E-state index contributed by atoms with van der Waals surface area (Å²) in [6.45, 7) is -0.283. The lowest BCUT2D eigenvalue weighted by Gasteiger charge is -2.13. The van der Waals surface area contributed by atoms with Crippen molar-refractivity contribution < 1.29 is 14.9 Å². The van der Waals surface area contributed by atoms with E-state index in [1.165, 1.54) is 16.8 Å². The van der Waals surface area contributed by atoms with Crippen LogP contribution in [0.3, 0.4) is 0 Å². The molecule has 3 atom stereocenters. The fraction of sp³-hybridized carbons (Fsp3) is 0.556. The highest BCUT2D eigenvalue weighted by Crippen LogP contribution is 2.27. The van der Waals surface area contributed by atoms with Crippen LogP contribution in [0.5, 0.6) is 0 Å². The lowest BCUT2D eigenvalue weighted by Crippen LogP contribution is -2.27. The molecular weight excluding hydrogens is 341 g/mol. The van der Waals surface area contributed by atoms with Gasteiger partial charge >= 0.3 is 5.69 Å². The average Bonchev–Trinajstić information content (AvgIpc) is 2.59. The summed E-state index contributed by atoms with van der Waals surface area (Å²) in [5.74, 6) is 0.138. The fourth-order valence-corrected chi connectivity index (χ4v) is 1.70. The number of nitrogens with two attached hydrogens (primary N) is 1. The second kappa shape index (κ2) is 5.76. The van der Waals surface area contributed by atoms with Crippen molar-refractivity contribution >= 4 is 29.8 Å². The van der Waals surface area contributed by atoms with Gasteiger partial charge < -0.3 is 20.7 Å². The Kier molecular flexibility index (Phi) is 4.86. The van der Waals surface area contributed by atoms with Crippen LogP contribution >= 0.6 is 24.0 Å². The van der Waals surface area contributed by atoms with Gasteiger partial charge in [-0.25, -0.2) is 4.79 Å². The SMILES string of the molecule is I.Nc1ccn([C@H]2C[C@H](O)[C@@H](CO)O2)c(=O)n1. The van der Waals surface area contributed by atoms with Crippen LogP contribution in [-0.4, -0.2) is 38.6 Å². The topological polar surface area (TPSA) is 111 Å². The summed E-state index contributed by atoms with van der Waals surface area (Å²) >= 11 is 0. The normalized spacial score (nSPS) is 27.8. The van der Waals surface area contributed by atoms with E-state index in [2.05, 4.69) is 4.98 Å². The van der Waals surface area contributed by atoms with E-state index in [0.29, 0.717) is 0 Å². The fourth-order valence-electron chi connectivity index (χ4n) is 1.70. The Hall–Kier alpha value is -0.710. The Bertz CT molecular complexity index is 438. The van der Waals surface area contributed by atoms with Crippen LogP contribution in [0.15, 0.2) is 17.1 Å². The molecule has 0 amide bonds. The highest BCUT2D eigenvalue weighted by molar-refractivity contribution is 14.0. The Labute approximate surface area is 114 Å². The Morgan fingerprint density at radius 3 is 2.88 bits per heavy atom. The summed E-state index contributed by atoms with van der Waals surface area (Å²) in [7, 11) is 0. The highest BCUT2D eigenvalue weighted by Gasteiger charge is 2.34. The molecule has 1 saturated heterocycles. The highest BCUT2D eigenvalue weighted by atomic mass is 127. The van der Waals surface area contributed by atoms with Crippen molar-refractivity contribution in [3.63, 3.8) is 0 Å². The first-order valence-corrected chi connectivity index (χ1v) is 4.91. The van der Waals surface area contributed by atoms with Gasteiger partial charge in [-0.15, -0.1) is 24.0 Å². The molecule has 0 aliphatic carbocycles. The van der Waals surface area contributed by atoms with Crippen LogP contribution in [0.2, 0.25) is 0 Å². The molecule has 17 heavy (non-hydrogen) atoms. The maximum atomic E-state index is 11.5. The first kappa shape index (κ1) is 14.4. The molecule has 8 heteroatoms. The van der Waals surface area contributed by atoms with Gasteiger partial charge in [0.25, 0.3) is 0 Å². The first-order valence-electron chi connectivity index (χ1n) is 4.91. The molecule has 1 aromatic rings. The molecular formula is C9H14IN3O4. The van der Waals surface area contributed by atoms with Gasteiger partial charge in [0.15, 0.2) is 0 Å². The molecule has 2 heterocycles. The number of aliphatic hydroxyl groups excluding tert-OH is 2. The zero-order chi connectivity index (χ0) is 11.7. The van der Waals surface area contributed by atoms with E-state index < -0.39 is 24.1 Å². The van der Waals surface area contributed by atoms with E-state index in [0.717, 1.165) is 0 Å². The number of aromatic nitrogens is 2. The number of aliphatic hydroxyl groups is 2. The second-order valence-corrected chi connectivity index (χ2v) is 3.66. The molecule has 1 aliphatic rings. The molecule has 96 valence electrons. The van der Waals surface area contributed by atoms with Crippen LogP contribution in [0, 0.1) is 0 Å².